The van der Waals surface area contributed by atoms with E-state index in [1.54, 1.807) is 10.9 Å². The Hall–Kier alpha value is -6.80. The van der Waals surface area contributed by atoms with Gasteiger partial charge in [-0.2, -0.15) is 29.4 Å². The maximum Gasteiger partial charge on any atom is 3.00 e. The zero-order valence-electron chi connectivity index (χ0n) is 35.7. The maximum absolute atomic E-state index is 6.15. The van der Waals surface area contributed by atoms with E-state index in [4.69, 9.17) is 9.47 Å². The van der Waals surface area contributed by atoms with Gasteiger partial charge in [-0.3, -0.25) is 14.6 Å². The number of ether oxygens (including phenoxy) is 2. The summed E-state index contributed by atoms with van der Waals surface area (Å²) in [6, 6.07) is 48.3. The molecule has 0 aliphatic carbocycles. The van der Waals surface area contributed by atoms with Gasteiger partial charge in [-0.1, -0.05) is 53.6 Å². The topological polar surface area (TPSA) is 71.9 Å². The minimum absolute atomic E-state index is 0. The molecule has 8 nitrogen and oxygen atoms in total. The van der Waals surface area contributed by atoms with Crippen LogP contribution in [0.3, 0.4) is 0 Å². The number of imidazole rings is 2. The van der Waals surface area contributed by atoms with Crippen molar-refractivity contribution in [2.45, 2.75) is 54.8 Å². The predicted molar refractivity (Wildman–Crippen MR) is 242 cm³/mol. The van der Waals surface area contributed by atoms with Crippen LogP contribution in [-0.2, 0) is 33.3 Å². The van der Waals surface area contributed by atoms with Crippen molar-refractivity contribution < 1.29 is 29.6 Å². The zero-order valence-corrected chi connectivity index (χ0v) is 38.1. The summed E-state index contributed by atoms with van der Waals surface area (Å²) in [7, 11) is 0. The first-order chi connectivity index (χ1) is 29.7. The summed E-state index contributed by atoms with van der Waals surface area (Å²) in [5.41, 5.74) is 14.6. The van der Waals surface area contributed by atoms with Crippen molar-refractivity contribution in [2.75, 3.05) is 0 Å². The number of benzene rings is 6. The molecule has 0 saturated carbocycles. The molecule has 0 unspecified atom stereocenters. The Morgan fingerprint density at radius 1 is 0.516 bits per heavy atom. The van der Waals surface area contributed by atoms with Crippen LogP contribution in [0.4, 0.5) is 0 Å². The van der Waals surface area contributed by atoms with Gasteiger partial charge >= 0.3 is 20.1 Å². The first-order valence-electron chi connectivity index (χ1n) is 20.3. The molecule has 0 saturated heterocycles. The maximum atomic E-state index is 6.15. The molecular weight excluding hydrogens is 945 g/mol. The van der Waals surface area contributed by atoms with Crippen molar-refractivity contribution in [3.05, 3.63) is 215 Å². The molecule has 0 amide bonds. The van der Waals surface area contributed by atoms with E-state index in [2.05, 4.69) is 126 Å². The van der Waals surface area contributed by atoms with Crippen LogP contribution in [0.2, 0.25) is 0 Å². The van der Waals surface area contributed by atoms with Gasteiger partial charge in [-0.15, -0.1) is 65.7 Å². The fourth-order valence-corrected chi connectivity index (χ4v) is 7.83. The molecular formula is C53H47IrN6O2. The summed E-state index contributed by atoms with van der Waals surface area (Å²) < 4.78 is 18.3. The van der Waals surface area contributed by atoms with Gasteiger partial charge in [0.25, 0.3) is 0 Å². The Labute approximate surface area is 377 Å². The molecule has 62 heavy (non-hydrogen) atoms. The largest absolute Gasteiger partial charge is 3.00 e. The third-order valence-electron chi connectivity index (χ3n) is 10.3. The van der Waals surface area contributed by atoms with E-state index in [0.29, 0.717) is 13.2 Å². The SMILES string of the molecule is Cc1cc(C)c(-n2ccnc2-c2[c-]cc(OCc3cccc(COc4c[c-]c(-c5nccn5-c5c(C)cc(C)cc5C)cc4)c3)cc2)c(C)c1.[Ir+3].[c-]1ccccc1-n1cccn1. The van der Waals surface area contributed by atoms with Crippen LogP contribution in [-0.4, -0.2) is 28.9 Å². The molecule has 9 rings (SSSR count). The molecule has 0 bridgehead atoms. The van der Waals surface area contributed by atoms with Gasteiger partial charge in [-0.05, 0) is 92.7 Å². The molecule has 310 valence electrons. The van der Waals surface area contributed by atoms with Gasteiger partial charge in [0.1, 0.15) is 13.2 Å². The summed E-state index contributed by atoms with van der Waals surface area (Å²) in [5, 5.41) is 4.07. The molecule has 0 N–H and O–H groups in total. The average Bonchev–Trinajstić information content (AvgIpc) is 4.07. The molecule has 0 aliphatic heterocycles. The summed E-state index contributed by atoms with van der Waals surface area (Å²) in [6.07, 6.45) is 11.3. The average molecular weight is 992 g/mol. The second kappa shape index (κ2) is 19.7. The van der Waals surface area contributed by atoms with E-state index in [1.807, 2.05) is 104 Å². The smallest absolute Gasteiger partial charge is 0.532 e. The predicted octanol–water partition coefficient (Wildman–Crippen LogP) is 11.7. The van der Waals surface area contributed by atoms with E-state index in [0.717, 1.165) is 62.5 Å². The van der Waals surface area contributed by atoms with Gasteiger partial charge in [0.15, 0.2) is 0 Å². The Bertz CT molecular complexity index is 2660. The second-order valence-corrected chi connectivity index (χ2v) is 15.2. The fraction of sp³-hybridized carbons (Fsp3) is 0.151. The van der Waals surface area contributed by atoms with Crippen LogP contribution < -0.4 is 9.47 Å². The number of hydrogen-bond donors (Lipinski definition) is 0. The summed E-state index contributed by atoms with van der Waals surface area (Å²) in [5.74, 6) is 3.20. The summed E-state index contributed by atoms with van der Waals surface area (Å²) >= 11 is 0. The molecule has 6 aromatic carbocycles. The molecule has 0 radical (unpaired) electrons. The van der Waals surface area contributed by atoms with Crippen LogP contribution in [0, 0.1) is 59.7 Å². The fourth-order valence-electron chi connectivity index (χ4n) is 7.83. The van der Waals surface area contributed by atoms with Gasteiger partial charge in [0, 0.05) is 60.1 Å². The van der Waals surface area contributed by atoms with E-state index in [-0.39, 0.29) is 20.1 Å². The minimum Gasteiger partial charge on any atom is -0.532 e. The number of rotatable bonds is 11. The third kappa shape index (κ3) is 10.0. The Kier molecular flexibility index (Phi) is 13.8. The van der Waals surface area contributed by atoms with Crippen LogP contribution >= 0.6 is 0 Å². The molecule has 0 fully saturated rings. The molecule has 9 heteroatoms. The van der Waals surface area contributed by atoms with E-state index >= 15 is 0 Å². The number of para-hydroxylation sites is 1. The van der Waals surface area contributed by atoms with E-state index < -0.39 is 0 Å². The van der Waals surface area contributed by atoms with Gasteiger partial charge < -0.3 is 18.6 Å². The van der Waals surface area contributed by atoms with Crippen molar-refractivity contribution in [1.29, 1.82) is 0 Å². The molecule has 9 aromatic rings. The van der Waals surface area contributed by atoms with E-state index in [1.165, 1.54) is 33.4 Å². The Morgan fingerprint density at radius 3 is 1.45 bits per heavy atom. The Balaban J connectivity index is 0.000000417. The number of nitrogens with zero attached hydrogens (tertiary/aromatic N) is 6. The van der Waals surface area contributed by atoms with Crippen molar-refractivity contribution >= 4 is 0 Å². The van der Waals surface area contributed by atoms with Gasteiger partial charge in [0.2, 0.25) is 0 Å². The minimum atomic E-state index is 0. The zero-order chi connectivity index (χ0) is 42.3. The van der Waals surface area contributed by atoms with Gasteiger partial charge in [-0.25, -0.2) is 0 Å². The van der Waals surface area contributed by atoms with Crippen LogP contribution in [0.1, 0.15) is 44.5 Å². The quantitative estimate of drug-likeness (QED) is 0.121. The third-order valence-corrected chi connectivity index (χ3v) is 10.3. The second-order valence-electron chi connectivity index (χ2n) is 15.2. The van der Waals surface area contributed by atoms with Crippen LogP contribution in [0.25, 0.3) is 39.8 Å². The van der Waals surface area contributed by atoms with Crippen molar-refractivity contribution in [3.8, 4) is 51.3 Å². The number of hydrogen-bond acceptors (Lipinski definition) is 5. The molecule has 3 aromatic heterocycles. The first-order valence-corrected chi connectivity index (χ1v) is 20.3. The number of aromatic nitrogens is 6. The molecule has 0 aliphatic rings. The number of aryl methyl sites for hydroxylation is 6. The van der Waals surface area contributed by atoms with Crippen molar-refractivity contribution in [2.24, 2.45) is 0 Å². The molecule has 0 atom stereocenters. The van der Waals surface area contributed by atoms with Crippen molar-refractivity contribution in [1.82, 2.24) is 28.9 Å². The van der Waals surface area contributed by atoms with Crippen molar-refractivity contribution in [3.63, 3.8) is 0 Å². The summed E-state index contributed by atoms with van der Waals surface area (Å²) in [6.45, 7) is 13.7. The van der Waals surface area contributed by atoms with Gasteiger partial charge in [0.05, 0.1) is 11.6 Å². The van der Waals surface area contributed by atoms with Crippen LogP contribution in [0.5, 0.6) is 11.5 Å². The first kappa shape index (κ1) is 43.3. The monoisotopic (exact) mass is 992 g/mol. The van der Waals surface area contributed by atoms with Crippen LogP contribution in [0.15, 0.2) is 152 Å². The Morgan fingerprint density at radius 2 is 1.03 bits per heavy atom. The van der Waals surface area contributed by atoms with E-state index in [9.17, 15) is 0 Å². The molecule has 3 heterocycles. The standard InChI is InChI=1S/C44H40N4O2.C9H7N2.Ir/c1-29-22-31(3)41(32(4)23-29)47-20-18-45-43(47)37-10-14-39(15-11-37)49-27-35-8-7-9-36(26-35)28-50-40-16-12-38(13-17-40)44-46-19-21-48(44)42-33(5)24-30(2)25-34(42)6;1-2-5-9(6-3-1)11-8-4-7-10-11;/h7-10,12,14-26H,27-28H2,1-6H3;1-5,7-8H;/q-2;-1;+3. The molecule has 0 spiro atoms. The normalized spacial score (nSPS) is 10.7. The summed E-state index contributed by atoms with van der Waals surface area (Å²) in [4.78, 5) is 9.30.